The van der Waals surface area contributed by atoms with Crippen molar-refractivity contribution in [2.24, 2.45) is 0 Å². The number of imide groups is 1. The Morgan fingerprint density at radius 3 is 2.62 bits per heavy atom. The molecule has 0 aliphatic carbocycles. The molecule has 1 heterocycles. The van der Waals surface area contributed by atoms with Gasteiger partial charge in [-0.1, -0.05) is 17.5 Å². The monoisotopic (exact) mass is 539 g/mol. The second kappa shape index (κ2) is 9.57. The summed E-state index contributed by atoms with van der Waals surface area (Å²) >= 11 is 8.89. The van der Waals surface area contributed by atoms with Gasteiger partial charge in [0.25, 0.3) is 11.1 Å². The van der Waals surface area contributed by atoms with Crippen molar-refractivity contribution in [1.29, 1.82) is 0 Å². The second-order valence-corrected chi connectivity index (χ2v) is 8.34. The summed E-state index contributed by atoms with van der Waals surface area (Å²) in [4.78, 5) is 26.7. The lowest BCUT2D eigenvalue weighted by Crippen LogP contribution is -2.27. The minimum absolute atomic E-state index is 0.120. The number of rotatable bonds is 6. The topological polar surface area (TPSA) is 55.8 Å². The number of anilines is 1. The van der Waals surface area contributed by atoms with Gasteiger partial charge in [-0.15, -0.1) is 6.42 Å². The zero-order chi connectivity index (χ0) is 21.0. The van der Waals surface area contributed by atoms with E-state index in [1.54, 1.807) is 36.4 Å². The summed E-state index contributed by atoms with van der Waals surface area (Å²) in [5.74, 6) is 3.12. The Morgan fingerprint density at radius 2 is 1.97 bits per heavy atom. The van der Waals surface area contributed by atoms with Gasteiger partial charge in [-0.25, -0.2) is 4.90 Å². The highest BCUT2D eigenvalue weighted by molar-refractivity contribution is 14.1. The minimum Gasteiger partial charge on any atom is -0.490 e. The number of ether oxygens (including phenoxy) is 2. The summed E-state index contributed by atoms with van der Waals surface area (Å²) in [5.41, 5.74) is 1.19. The normalized spacial score (nSPS) is 15.0. The fraction of sp³-hybridized carbons (Fsp3) is 0.143. The van der Waals surface area contributed by atoms with Crippen molar-refractivity contribution in [3.05, 3.63) is 55.5 Å². The molecular weight excluding hydrogens is 525 g/mol. The summed E-state index contributed by atoms with van der Waals surface area (Å²) in [5, 5.41) is 0.165. The van der Waals surface area contributed by atoms with Crippen LogP contribution < -0.4 is 14.4 Å². The predicted octanol–water partition coefficient (Wildman–Crippen LogP) is 5.60. The van der Waals surface area contributed by atoms with E-state index in [0.29, 0.717) is 39.3 Å². The highest BCUT2D eigenvalue weighted by atomic mass is 127. The Labute approximate surface area is 191 Å². The van der Waals surface area contributed by atoms with Gasteiger partial charge in [0, 0.05) is 5.02 Å². The maximum Gasteiger partial charge on any atom is 0.298 e. The quantitative estimate of drug-likeness (QED) is 0.272. The molecule has 0 radical (unpaired) electrons. The molecule has 0 bridgehead atoms. The molecule has 1 saturated heterocycles. The maximum absolute atomic E-state index is 12.8. The Hall–Kier alpha value is -2.15. The van der Waals surface area contributed by atoms with E-state index >= 15 is 0 Å². The lowest BCUT2D eigenvalue weighted by atomic mass is 10.1. The van der Waals surface area contributed by atoms with E-state index in [1.807, 2.05) is 13.0 Å². The van der Waals surface area contributed by atoms with E-state index in [2.05, 4.69) is 28.5 Å². The summed E-state index contributed by atoms with van der Waals surface area (Å²) in [7, 11) is 0. The van der Waals surface area contributed by atoms with Gasteiger partial charge in [-0.3, -0.25) is 9.59 Å². The first-order chi connectivity index (χ1) is 13.9. The van der Waals surface area contributed by atoms with Crippen molar-refractivity contribution in [2.75, 3.05) is 18.1 Å². The largest absolute Gasteiger partial charge is 0.490 e. The Morgan fingerprint density at radius 1 is 1.24 bits per heavy atom. The van der Waals surface area contributed by atoms with Crippen LogP contribution in [0.1, 0.15) is 12.5 Å². The third-order valence-corrected chi connectivity index (χ3v) is 5.73. The van der Waals surface area contributed by atoms with E-state index in [-0.39, 0.29) is 17.8 Å². The van der Waals surface area contributed by atoms with Gasteiger partial charge >= 0.3 is 0 Å². The Bertz CT molecular complexity index is 1030. The van der Waals surface area contributed by atoms with Crippen LogP contribution in [0.5, 0.6) is 11.5 Å². The first kappa shape index (κ1) is 21.6. The summed E-state index contributed by atoms with van der Waals surface area (Å²) in [6, 6.07) is 10.1. The summed E-state index contributed by atoms with van der Waals surface area (Å²) in [6.45, 7) is 2.43. The number of hydrogen-bond donors (Lipinski definition) is 0. The molecule has 2 aromatic rings. The van der Waals surface area contributed by atoms with E-state index < -0.39 is 0 Å². The molecule has 1 aliphatic rings. The molecule has 0 N–H and O–H groups in total. The highest BCUT2D eigenvalue weighted by Crippen LogP contribution is 2.39. The van der Waals surface area contributed by atoms with Gasteiger partial charge in [0.2, 0.25) is 0 Å². The summed E-state index contributed by atoms with van der Waals surface area (Å²) < 4.78 is 12.0. The highest BCUT2D eigenvalue weighted by Gasteiger charge is 2.36. The molecule has 2 aromatic carbocycles. The number of halogens is 2. The Kier molecular flexibility index (Phi) is 7.11. The van der Waals surface area contributed by atoms with Crippen LogP contribution in [0.15, 0.2) is 41.3 Å². The zero-order valence-electron chi connectivity index (χ0n) is 15.3. The SMILES string of the molecule is C#CCOc1c(I)cc(/C=C2/SC(=O)N(c3ccc(Cl)cc3)C2=O)cc1OCC. The van der Waals surface area contributed by atoms with Gasteiger partial charge in [-0.05, 0) is 89.3 Å². The van der Waals surface area contributed by atoms with Crippen molar-refractivity contribution < 1.29 is 19.1 Å². The predicted molar refractivity (Wildman–Crippen MR) is 125 cm³/mol. The maximum atomic E-state index is 12.8. The van der Waals surface area contributed by atoms with Crippen molar-refractivity contribution in [1.82, 2.24) is 0 Å². The molecule has 8 heteroatoms. The van der Waals surface area contributed by atoms with Crippen LogP contribution in [0, 0.1) is 15.9 Å². The third-order valence-electron chi connectivity index (χ3n) is 3.81. The third kappa shape index (κ3) is 4.89. The molecule has 0 unspecified atom stereocenters. The van der Waals surface area contributed by atoms with Gasteiger partial charge in [0.15, 0.2) is 11.5 Å². The smallest absolute Gasteiger partial charge is 0.298 e. The van der Waals surface area contributed by atoms with E-state index in [0.717, 1.165) is 20.2 Å². The van der Waals surface area contributed by atoms with Crippen LogP contribution in [0.3, 0.4) is 0 Å². The molecule has 0 aromatic heterocycles. The standard InChI is InChI=1S/C21H15ClINO4S/c1-3-9-28-19-16(23)10-13(11-17(19)27-4-2)12-18-20(25)24(21(26)29-18)15-7-5-14(22)6-8-15/h1,5-8,10-12H,4,9H2,2H3/b18-12+. The van der Waals surface area contributed by atoms with Crippen LogP contribution in [-0.4, -0.2) is 24.4 Å². The van der Waals surface area contributed by atoms with Crippen molar-refractivity contribution in [3.8, 4) is 23.8 Å². The Balaban J connectivity index is 1.93. The molecule has 5 nitrogen and oxygen atoms in total. The van der Waals surface area contributed by atoms with Gasteiger partial charge in [0.1, 0.15) is 6.61 Å². The molecule has 0 saturated carbocycles. The first-order valence-electron chi connectivity index (χ1n) is 8.50. The number of amides is 2. The fourth-order valence-electron chi connectivity index (χ4n) is 2.62. The molecule has 2 amide bonds. The molecular formula is C21H15ClINO4S. The zero-order valence-corrected chi connectivity index (χ0v) is 19.0. The van der Waals surface area contributed by atoms with E-state index in [1.165, 1.54) is 0 Å². The van der Waals surface area contributed by atoms with Crippen molar-refractivity contribution >= 4 is 68.9 Å². The van der Waals surface area contributed by atoms with E-state index in [9.17, 15) is 9.59 Å². The van der Waals surface area contributed by atoms with Gasteiger partial charge in [0.05, 0.1) is 20.8 Å². The van der Waals surface area contributed by atoms with Crippen LogP contribution in [0.2, 0.25) is 5.02 Å². The average Bonchev–Trinajstić information content (AvgIpc) is 2.95. The van der Waals surface area contributed by atoms with Crippen LogP contribution in [0.4, 0.5) is 10.5 Å². The lowest BCUT2D eigenvalue weighted by molar-refractivity contribution is -0.113. The van der Waals surface area contributed by atoms with E-state index in [4.69, 9.17) is 27.5 Å². The number of hydrogen-bond acceptors (Lipinski definition) is 5. The van der Waals surface area contributed by atoms with Gasteiger partial charge in [-0.2, -0.15) is 0 Å². The molecule has 148 valence electrons. The number of nitrogens with zero attached hydrogens (tertiary/aromatic N) is 1. The second-order valence-electron chi connectivity index (χ2n) is 5.75. The van der Waals surface area contributed by atoms with Crippen LogP contribution in [-0.2, 0) is 4.79 Å². The minimum atomic E-state index is -0.386. The van der Waals surface area contributed by atoms with Crippen LogP contribution in [0.25, 0.3) is 6.08 Å². The van der Waals surface area contributed by atoms with Crippen molar-refractivity contribution in [3.63, 3.8) is 0 Å². The summed E-state index contributed by atoms with van der Waals surface area (Å²) in [6.07, 6.45) is 6.94. The fourth-order valence-corrected chi connectivity index (χ4v) is 4.37. The first-order valence-corrected chi connectivity index (χ1v) is 10.8. The lowest BCUT2D eigenvalue weighted by Gasteiger charge is -2.13. The number of thioether (sulfide) groups is 1. The number of terminal acetylenes is 1. The molecule has 1 fully saturated rings. The molecule has 3 rings (SSSR count). The van der Waals surface area contributed by atoms with Crippen molar-refractivity contribution in [2.45, 2.75) is 6.92 Å². The average molecular weight is 540 g/mol. The van der Waals surface area contributed by atoms with Gasteiger partial charge < -0.3 is 9.47 Å². The molecule has 1 aliphatic heterocycles. The number of benzene rings is 2. The molecule has 29 heavy (non-hydrogen) atoms. The molecule has 0 atom stereocenters. The molecule has 0 spiro atoms. The van der Waals surface area contributed by atoms with Crippen LogP contribution >= 0.6 is 46.0 Å². The number of carbonyl (C=O) groups is 2. The number of carbonyl (C=O) groups excluding carboxylic acids is 2.